The van der Waals surface area contributed by atoms with Crippen molar-refractivity contribution in [3.05, 3.63) is 23.8 Å². The summed E-state index contributed by atoms with van der Waals surface area (Å²) in [6.45, 7) is 3.14. The van der Waals surface area contributed by atoms with Crippen molar-refractivity contribution >= 4 is 21.6 Å². The summed E-state index contributed by atoms with van der Waals surface area (Å²) < 4.78 is 26.5. The van der Waals surface area contributed by atoms with Crippen molar-refractivity contribution in [1.82, 2.24) is 10.0 Å². The Morgan fingerprint density at radius 3 is 2.56 bits per heavy atom. The molecule has 0 aliphatic carbocycles. The van der Waals surface area contributed by atoms with E-state index in [9.17, 15) is 13.2 Å². The Bertz CT molecular complexity index is 555. The monoisotopic (exact) mass is 271 g/mol. The van der Waals surface area contributed by atoms with Crippen LogP contribution in [0.25, 0.3) is 0 Å². The topological polar surface area (TPSA) is 101 Å². The van der Waals surface area contributed by atoms with Crippen molar-refractivity contribution < 1.29 is 13.2 Å². The number of nitrogens with two attached hydrogens (primary N) is 1. The number of nitrogen functional groups attached to an aromatic ring is 1. The number of benzene rings is 1. The minimum atomic E-state index is -3.76. The number of rotatable bonds is 4. The Balaban J connectivity index is 3.07. The van der Waals surface area contributed by atoms with Crippen LogP contribution in [0.15, 0.2) is 23.1 Å². The van der Waals surface area contributed by atoms with Crippen LogP contribution in [-0.2, 0) is 14.8 Å². The first-order valence-electron chi connectivity index (χ1n) is 5.38. The van der Waals surface area contributed by atoms with E-state index in [1.807, 2.05) is 0 Å². The molecule has 1 amide bonds. The van der Waals surface area contributed by atoms with Gasteiger partial charge in [-0.2, -0.15) is 4.72 Å². The van der Waals surface area contributed by atoms with Gasteiger partial charge in [0, 0.05) is 12.7 Å². The number of likely N-dealkylation sites (N-methyl/N-ethyl adjacent to an activating group) is 1. The van der Waals surface area contributed by atoms with Crippen LogP contribution < -0.4 is 15.8 Å². The summed E-state index contributed by atoms with van der Waals surface area (Å²) in [5.41, 5.74) is 6.49. The molecule has 0 heterocycles. The van der Waals surface area contributed by atoms with Crippen LogP contribution >= 0.6 is 0 Å². The fraction of sp³-hybridized carbons (Fsp3) is 0.364. The molecule has 0 fully saturated rings. The molecule has 1 unspecified atom stereocenters. The fourth-order valence-corrected chi connectivity index (χ4v) is 2.96. The van der Waals surface area contributed by atoms with E-state index in [1.54, 1.807) is 19.1 Å². The normalized spacial score (nSPS) is 13.1. The van der Waals surface area contributed by atoms with Crippen LogP contribution in [0.2, 0.25) is 0 Å². The van der Waals surface area contributed by atoms with Crippen LogP contribution in [0.1, 0.15) is 12.5 Å². The average molecular weight is 271 g/mol. The van der Waals surface area contributed by atoms with Crippen LogP contribution in [0, 0.1) is 6.92 Å². The first-order valence-corrected chi connectivity index (χ1v) is 6.86. The molecular weight excluding hydrogens is 254 g/mol. The highest BCUT2D eigenvalue weighted by Gasteiger charge is 2.22. The molecule has 100 valence electrons. The number of hydrogen-bond donors (Lipinski definition) is 3. The Morgan fingerprint density at radius 1 is 1.39 bits per heavy atom. The van der Waals surface area contributed by atoms with E-state index in [2.05, 4.69) is 10.0 Å². The molecule has 0 radical (unpaired) electrons. The van der Waals surface area contributed by atoms with Gasteiger partial charge < -0.3 is 11.1 Å². The maximum atomic E-state index is 12.1. The summed E-state index contributed by atoms with van der Waals surface area (Å²) in [6.07, 6.45) is 0. The van der Waals surface area contributed by atoms with Crippen LogP contribution in [0.4, 0.5) is 5.69 Å². The molecular formula is C11H17N3O3S. The van der Waals surface area contributed by atoms with Gasteiger partial charge in [0.25, 0.3) is 0 Å². The van der Waals surface area contributed by atoms with Gasteiger partial charge >= 0.3 is 0 Å². The van der Waals surface area contributed by atoms with E-state index in [0.29, 0.717) is 11.3 Å². The largest absolute Gasteiger partial charge is 0.399 e. The molecule has 1 aromatic carbocycles. The summed E-state index contributed by atoms with van der Waals surface area (Å²) in [7, 11) is -2.32. The fourth-order valence-electron chi connectivity index (χ4n) is 1.47. The van der Waals surface area contributed by atoms with Gasteiger partial charge in [-0.1, -0.05) is 6.07 Å². The molecule has 1 rings (SSSR count). The van der Waals surface area contributed by atoms with E-state index >= 15 is 0 Å². The van der Waals surface area contributed by atoms with E-state index in [0.717, 1.165) is 0 Å². The molecule has 0 saturated heterocycles. The highest BCUT2D eigenvalue weighted by molar-refractivity contribution is 7.89. The Morgan fingerprint density at radius 2 is 2.00 bits per heavy atom. The zero-order chi connectivity index (χ0) is 13.9. The summed E-state index contributed by atoms with van der Waals surface area (Å²) >= 11 is 0. The van der Waals surface area contributed by atoms with Gasteiger partial charge in [-0.15, -0.1) is 0 Å². The quantitative estimate of drug-likeness (QED) is 0.670. The van der Waals surface area contributed by atoms with Gasteiger partial charge in [-0.25, -0.2) is 8.42 Å². The van der Waals surface area contributed by atoms with Crippen molar-refractivity contribution in [3.8, 4) is 0 Å². The first kappa shape index (κ1) is 14.5. The molecule has 1 aromatic rings. The standard InChI is InChI=1S/C11H17N3O3S/c1-7-4-5-9(12)6-10(7)18(16,17)14-8(2)11(15)13-3/h4-6,8,14H,12H2,1-3H3,(H,13,15). The predicted molar refractivity (Wildman–Crippen MR) is 69.4 cm³/mol. The Hall–Kier alpha value is -1.60. The highest BCUT2D eigenvalue weighted by atomic mass is 32.2. The molecule has 0 aliphatic heterocycles. The lowest BCUT2D eigenvalue weighted by atomic mass is 10.2. The number of amides is 1. The number of sulfonamides is 1. The van der Waals surface area contributed by atoms with Crippen molar-refractivity contribution in [2.75, 3.05) is 12.8 Å². The second kappa shape index (κ2) is 5.36. The predicted octanol–water partition coefficient (Wildman–Crippen LogP) is -0.00998. The molecule has 18 heavy (non-hydrogen) atoms. The molecule has 4 N–H and O–H groups in total. The Labute approximate surface area is 107 Å². The molecule has 1 atom stereocenters. The molecule has 0 bridgehead atoms. The highest BCUT2D eigenvalue weighted by Crippen LogP contribution is 2.18. The summed E-state index contributed by atoms with van der Waals surface area (Å²) in [5, 5.41) is 2.37. The number of hydrogen-bond acceptors (Lipinski definition) is 4. The third-order valence-corrected chi connectivity index (χ3v) is 4.16. The van der Waals surface area contributed by atoms with Crippen molar-refractivity contribution in [2.24, 2.45) is 0 Å². The summed E-state index contributed by atoms with van der Waals surface area (Å²) in [5.74, 6) is -0.403. The molecule has 7 heteroatoms. The molecule has 0 aliphatic rings. The summed E-state index contributed by atoms with van der Waals surface area (Å²) in [4.78, 5) is 11.4. The second-order valence-electron chi connectivity index (χ2n) is 3.98. The number of nitrogens with one attached hydrogen (secondary N) is 2. The molecule has 0 spiro atoms. The second-order valence-corrected chi connectivity index (χ2v) is 5.66. The average Bonchev–Trinajstić information content (AvgIpc) is 2.30. The van der Waals surface area contributed by atoms with Crippen LogP contribution in [-0.4, -0.2) is 27.4 Å². The van der Waals surface area contributed by atoms with Crippen molar-refractivity contribution in [1.29, 1.82) is 0 Å². The van der Waals surface area contributed by atoms with E-state index in [1.165, 1.54) is 20.0 Å². The van der Waals surface area contributed by atoms with Gasteiger partial charge in [0.1, 0.15) is 0 Å². The van der Waals surface area contributed by atoms with Gasteiger partial charge in [-0.3, -0.25) is 4.79 Å². The van der Waals surface area contributed by atoms with Crippen molar-refractivity contribution in [2.45, 2.75) is 24.8 Å². The van der Waals surface area contributed by atoms with Crippen molar-refractivity contribution in [3.63, 3.8) is 0 Å². The van der Waals surface area contributed by atoms with E-state index < -0.39 is 22.0 Å². The lowest BCUT2D eigenvalue weighted by Crippen LogP contribution is -2.43. The molecule has 0 aromatic heterocycles. The lowest BCUT2D eigenvalue weighted by molar-refractivity contribution is -0.121. The van der Waals surface area contributed by atoms with Crippen LogP contribution in [0.5, 0.6) is 0 Å². The van der Waals surface area contributed by atoms with Crippen LogP contribution in [0.3, 0.4) is 0 Å². The third-order valence-electron chi connectivity index (χ3n) is 2.47. The maximum absolute atomic E-state index is 12.1. The zero-order valence-corrected chi connectivity index (χ0v) is 11.3. The third kappa shape index (κ3) is 3.21. The maximum Gasteiger partial charge on any atom is 0.241 e. The summed E-state index contributed by atoms with van der Waals surface area (Å²) in [6, 6.07) is 3.76. The number of carbonyl (C=O) groups is 1. The van der Waals surface area contributed by atoms with Gasteiger partial charge in [-0.05, 0) is 31.5 Å². The van der Waals surface area contributed by atoms with Gasteiger partial charge in [0.05, 0.1) is 10.9 Å². The number of aryl methyl sites for hydroxylation is 1. The number of carbonyl (C=O) groups excluding carboxylic acids is 1. The minimum absolute atomic E-state index is 0.0817. The molecule has 6 nitrogen and oxygen atoms in total. The minimum Gasteiger partial charge on any atom is -0.399 e. The lowest BCUT2D eigenvalue weighted by Gasteiger charge is -2.14. The molecule has 0 saturated carbocycles. The Kier molecular flexibility index (Phi) is 4.31. The number of anilines is 1. The van der Waals surface area contributed by atoms with E-state index in [-0.39, 0.29) is 4.90 Å². The zero-order valence-electron chi connectivity index (χ0n) is 10.5. The van der Waals surface area contributed by atoms with Gasteiger partial charge in [0.2, 0.25) is 15.9 Å². The first-order chi connectivity index (χ1) is 8.27. The van der Waals surface area contributed by atoms with E-state index in [4.69, 9.17) is 5.73 Å². The SMILES string of the molecule is CNC(=O)C(C)NS(=O)(=O)c1cc(N)ccc1C. The smallest absolute Gasteiger partial charge is 0.241 e. The van der Waals surface area contributed by atoms with Gasteiger partial charge in [0.15, 0.2) is 0 Å².